The number of pyridine rings is 1. The fourth-order valence-electron chi connectivity index (χ4n) is 2.44. The predicted molar refractivity (Wildman–Crippen MR) is 85.7 cm³/mol. The second-order valence-electron chi connectivity index (χ2n) is 5.36. The van der Waals surface area contributed by atoms with Crippen molar-refractivity contribution >= 4 is 16.6 Å². The highest BCUT2D eigenvalue weighted by molar-refractivity contribution is 5.99. The van der Waals surface area contributed by atoms with Crippen molar-refractivity contribution in [1.82, 2.24) is 4.98 Å². The molecule has 1 aromatic heterocycles. The van der Waals surface area contributed by atoms with Crippen LogP contribution in [0.5, 0.6) is 0 Å². The first-order valence-corrected chi connectivity index (χ1v) is 6.91. The molecule has 0 aliphatic carbocycles. The van der Waals surface area contributed by atoms with E-state index >= 15 is 0 Å². The summed E-state index contributed by atoms with van der Waals surface area (Å²) in [5.41, 5.74) is 11.3. The second kappa shape index (κ2) is 4.97. The molecule has 0 aliphatic heterocycles. The quantitative estimate of drug-likeness (QED) is 0.732. The van der Waals surface area contributed by atoms with Gasteiger partial charge in [-0.2, -0.15) is 0 Å². The number of anilines is 1. The third kappa shape index (κ3) is 2.14. The Morgan fingerprint density at radius 3 is 2.40 bits per heavy atom. The van der Waals surface area contributed by atoms with Crippen LogP contribution in [0, 0.1) is 0 Å². The van der Waals surface area contributed by atoms with Crippen molar-refractivity contribution in [1.29, 1.82) is 0 Å². The number of fused-ring (bicyclic) bond motifs is 1. The van der Waals surface area contributed by atoms with Gasteiger partial charge < -0.3 is 5.73 Å². The second-order valence-corrected chi connectivity index (χ2v) is 5.36. The van der Waals surface area contributed by atoms with Gasteiger partial charge in [0.25, 0.3) is 0 Å². The summed E-state index contributed by atoms with van der Waals surface area (Å²) in [6, 6.07) is 18.5. The van der Waals surface area contributed by atoms with Crippen molar-refractivity contribution < 1.29 is 0 Å². The molecule has 2 aromatic carbocycles. The van der Waals surface area contributed by atoms with E-state index in [9.17, 15) is 0 Å². The summed E-state index contributed by atoms with van der Waals surface area (Å²) in [7, 11) is 0. The zero-order chi connectivity index (χ0) is 14.1. The van der Waals surface area contributed by atoms with Crippen LogP contribution in [-0.2, 0) is 0 Å². The van der Waals surface area contributed by atoms with Gasteiger partial charge in [-0.15, -0.1) is 0 Å². The molecule has 1 heterocycles. The number of rotatable bonds is 2. The molecule has 0 aliphatic rings. The van der Waals surface area contributed by atoms with Crippen molar-refractivity contribution in [2.45, 2.75) is 19.8 Å². The normalized spacial score (nSPS) is 11.2. The molecule has 0 unspecified atom stereocenters. The Kier molecular flexibility index (Phi) is 3.15. The number of nitrogen functional groups attached to an aromatic ring is 1. The Bertz CT molecular complexity index is 746. The maximum absolute atomic E-state index is 6.20. The van der Waals surface area contributed by atoms with Gasteiger partial charge in [0.1, 0.15) is 0 Å². The van der Waals surface area contributed by atoms with E-state index in [-0.39, 0.29) is 0 Å². The molecule has 0 saturated carbocycles. The van der Waals surface area contributed by atoms with Crippen molar-refractivity contribution in [3.8, 4) is 11.1 Å². The van der Waals surface area contributed by atoms with Crippen molar-refractivity contribution in [2.24, 2.45) is 0 Å². The minimum absolute atomic E-state index is 0.366. The van der Waals surface area contributed by atoms with E-state index in [2.05, 4.69) is 32.0 Å². The third-order valence-electron chi connectivity index (χ3n) is 3.57. The van der Waals surface area contributed by atoms with Crippen molar-refractivity contribution in [2.75, 3.05) is 5.73 Å². The van der Waals surface area contributed by atoms with Crippen LogP contribution in [0.1, 0.15) is 25.5 Å². The first-order valence-electron chi connectivity index (χ1n) is 6.91. The lowest BCUT2D eigenvalue weighted by molar-refractivity contribution is 0.831. The SMILES string of the molecule is CC(C)c1cc(N)c2cccc(-c3ccccc3)c2n1. The van der Waals surface area contributed by atoms with E-state index in [1.165, 1.54) is 5.56 Å². The molecule has 0 atom stereocenters. The fourth-order valence-corrected chi connectivity index (χ4v) is 2.44. The predicted octanol–water partition coefficient (Wildman–Crippen LogP) is 4.61. The van der Waals surface area contributed by atoms with E-state index in [1.807, 2.05) is 36.4 Å². The van der Waals surface area contributed by atoms with Gasteiger partial charge in [0.2, 0.25) is 0 Å². The highest BCUT2D eigenvalue weighted by Crippen LogP contribution is 2.31. The molecule has 0 spiro atoms. The molecule has 0 bridgehead atoms. The van der Waals surface area contributed by atoms with E-state index < -0.39 is 0 Å². The van der Waals surface area contributed by atoms with Crippen LogP contribution in [0.2, 0.25) is 0 Å². The lowest BCUT2D eigenvalue weighted by atomic mass is 9.99. The molecule has 3 aromatic rings. The number of aromatic nitrogens is 1. The van der Waals surface area contributed by atoms with Crippen LogP contribution in [0.25, 0.3) is 22.0 Å². The summed E-state index contributed by atoms with van der Waals surface area (Å²) in [6.07, 6.45) is 0. The molecule has 0 amide bonds. The Morgan fingerprint density at radius 1 is 0.950 bits per heavy atom. The number of hydrogen-bond donors (Lipinski definition) is 1. The minimum atomic E-state index is 0.366. The van der Waals surface area contributed by atoms with E-state index in [0.717, 1.165) is 27.8 Å². The Morgan fingerprint density at radius 2 is 1.70 bits per heavy atom. The summed E-state index contributed by atoms with van der Waals surface area (Å²) in [6.45, 7) is 4.28. The molecule has 2 N–H and O–H groups in total. The average Bonchev–Trinajstić information content (AvgIpc) is 2.47. The first kappa shape index (κ1) is 12.7. The van der Waals surface area contributed by atoms with Crippen LogP contribution in [0.15, 0.2) is 54.6 Å². The molecule has 0 radical (unpaired) electrons. The van der Waals surface area contributed by atoms with E-state index in [4.69, 9.17) is 10.7 Å². The Labute approximate surface area is 119 Å². The smallest absolute Gasteiger partial charge is 0.0804 e. The molecular weight excluding hydrogens is 244 g/mol. The number of benzene rings is 2. The van der Waals surface area contributed by atoms with Crippen LogP contribution in [-0.4, -0.2) is 4.98 Å². The fraction of sp³-hybridized carbons (Fsp3) is 0.167. The lowest BCUT2D eigenvalue weighted by Crippen LogP contribution is -1.98. The number of para-hydroxylation sites is 1. The molecule has 2 nitrogen and oxygen atoms in total. The summed E-state index contributed by atoms with van der Waals surface area (Å²) < 4.78 is 0. The van der Waals surface area contributed by atoms with Gasteiger partial charge in [0, 0.05) is 22.3 Å². The number of nitrogens with zero attached hydrogens (tertiary/aromatic N) is 1. The molecule has 20 heavy (non-hydrogen) atoms. The molecule has 2 heteroatoms. The summed E-state index contributed by atoms with van der Waals surface area (Å²) in [4.78, 5) is 4.83. The molecule has 0 saturated heterocycles. The largest absolute Gasteiger partial charge is 0.398 e. The number of nitrogens with two attached hydrogens (primary N) is 1. The summed E-state index contributed by atoms with van der Waals surface area (Å²) >= 11 is 0. The van der Waals surface area contributed by atoms with Gasteiger partial charge in [-0.3, -0.25) is 4.98 Å². The maximum atomic E-state index is 6.20. The van der Waals surface area contributed by atoms with Gasteiger partial charge in [-0.1, -0.05) is 62.4 Å². The highest BCUT2D eigenvalue weighted by atomic mass is 14.7. The lowest BCUT2D eigenvalue weighted by Gasteiger charge is -2.12. The highest BCUT2D eigenvalue weighted by Gasteiger charge is 2.10. The van der Waals surface area contributed by atoms with Gasteiger partial charge in [-0.25, -0.2) is 0 Å². The molecule has 3 rings (SSSR count). The zero-order valence-corrected chi connectivity index (χ0v) is 11.8. The molecule has 100 valence electrons. The minimum Gasteiger partial charge on any atom is -0.398 e. The van der Waals surface area contributed by atoms with E-state index in [1.54, 1.807) is 0 Å². The zero-order valence-electron chi connectivity index (χ0n) is 11.8. The number of hydrogen-bond acceptors (Lipinski definition) is 2. The first-order chi connectivity index (χ1) is 9.66. The summed E-state index contributed by atoms with van der Waals surface area (Å²) in [5, 5.41) is 1.02. The van der Waals surface area contributed by atoms with Gasteiger partial charge in [0.15, 0.2) is 0 Å². The Balaban J connectivity index is 2.33. The van der Waals surface area contributed by atoms with Crippen LogP contribution in [0.4, 0.5) is 5.69 Å². The molecular formula is C18H18N2. The summed E-state index contributed by atoms with van der Waals surface area (Å²) in [5.74, 6) is 0.366. The van der Waals surface area contributed by atoms with Crippen LogP contribution in [0.3, 0.4) is 0 Å². The van der Waals surface area contributed by atoms with Crippen LogP contribution < -0.4 is 5.73 Å². The van der Waals surface area contributed by atoms with Crippen LogP contribution >= 0.6 is 0 Å². The van der Waals surface area contributed by atoms with Gasteiger partial charge in [0.05, 0.1) is 5.52 Å². The van der Waals surface area contributed by atoms with Crippen molar-refractivity contribution in [3.05, 3.63) is 60.3 Å². The standard InChI is InChI=1S/C18H18N2/c1-12(2)17-11-16(19)15-10-6-9-14(18(15)20-17)13-7-4-3-5-8-13/h3-12H,1-2H3,(H2,19,20). The van der Waals surface area contributed by atoms with Gasteiger partial charge in [-0.05, 0) is 17.5 Å². The molecule has 0 fully saturated rings. The third-order valence-corrected chi connectivity index (χ3v) is 3.57. The van der Waals surface area contributed by atoms with E-state index in [0.29, 0.717) is 5.92 Å². The van der Waals surface area contributed by atoms with Crippen molar-refractivity contribution in [3.63, 3.8) is 0 Å². The topological polar surface area (TPSA) is 38.9 Å². The monoisotopic (exact) mass is 262 g/mol. The van der Waals surface area contributed by atoms with Gasteiger partial charge >= 0.3 is 0 Å². The maximum Gasteiger partial charge on any atom is 0.0804 e. The average molecular weight is 262 g/mol. The Hall–Kier alpha value is -2.35.